The van der Waals surface area contributed by atoms with E-state index in [9.17, 15) is 4.79 Å². The van der Waals surface area contributed by atoms with Crippen molar-refractivity contribution in [1.82, 2.24) is 10.2 Å². The van der Waals surface area contributed by atoms with Gasteiger partial charge in [0.05, 0.1) is 0 Å². The quantitative estimate of drug-likeness (QED) is 0.908. The van der Waals surface area contributed by atoms with E-state index in [1.54, 1.807) is 0 Å². The SMILES string of the molecule is CCC1COc2ccc(C(=O)N[C@H]3CN4CCC3CC4)cc2O1.Cl. The van der Waals surface area contributed by atoms with E-state index in [1.807, 2.05) is 18.2 Å². The molecule has 1 N–H and O–H groups in total. The van der Waals surface area contributed by atoms with Gasteiger partial charge in [-0.2, -0.15) is 0 Å². The summed E-state index contributed by atoms with van der Waals surface area (Å²) >= 11 is 0. The second kappa shape index (κ2) is 7.19. The van der Waals surface area contributed by atoms with Gasteiger partial charge in [0.2, 0.25) is 0 Å². The molecule has 24 heavy (non-hydrogen) atoms. The van der Waals surface area contributed by atoms with Crippen LogP contribution in [0.2, 0.25) is 0 Å². The summed E-state index contributed by atoms with van der Waals surface area (Å²) in [5.41, 5.74) is 0.653. The molecular formula is C18H25ClN2O3. The van der Waals surface area contributed by atoms with Crippen LogP contribution < -0.4 is 14.8 Å². The number of halogens is 1. The Bertz CT molecular complexity index is 602. The molecule has 4 aliphatic rings. The number of nitrogens with one attached hydrogen (secondary N) is 1. The predicted molar refractivity (Wildman–Crippen MR) is 94.3 cm³/mol. The van der Waals surface area contributed by atoms with Gasteiger partial charge >= 0.3 is 0 Å². The van der Waals surface area contributed by atoms with E-state index < -0.39 is 0 Å². The van der Waals surface area contributed by atoms with Crippen molar-refractivity contribution >= 4 is 18.3 Å². The molecule has 0 radical (unpaired) electrons. The third-order valence-corrected chi connectivity index (χ3v) is 5.35. The minimum Gasteiger partial charge on any atom is -0.486 e. The lowest BCUT2D eigenvalue weighted by Gasteiger charge is -2.44. The van der Waals surface area contributed by atoms with Crippen molar-refractivity contribution in [2.24, 2.45) is 5.92 Å². The molecule has 1 aromatic rings. The number of ether oxygens (including phenoxy) is 2. The lowest BCUT2D eigenvalue weighted by molar-refractivity contribution is 0.0618. The van der Waals surface area contributed by atoms with Crippen LogP contribution in [0.15, 0.2) is 18.2 Å². The Morgan fingerprint density at radius 1 is 1.29 bits per heavy atom. The summed E-state index contributed by atoms with van der Waals surface area (Å²) in [4.78, 5) is 15.0. The molecule has 4 aliphatic heterocycles. The Kier molecular flexibility index (Phi) is 5.21. The molecular weight excluding hydrogens is 328 g/mol. The van der Waals surface area contributed by atoms with Crippen molar-refractivity contribution in [1.29, 1.82) is 0 Å². The van der Waals surface area contributed by atoms with Crippen LogP contribution in [0.3, 0.4) is 0 Å². The highest BCUT2D eigenvalue weighted by Crippen LogP contribution is 2.33. The van der Waals surface area contributed by atoms with Crippen molar-refractivity contribution < 1.29 is 14.3 Å². The van der Waals surface area contributed by atoms with Crippen molar-refractivity contribution in [2.75, 3.05) is 26.2 Å². The smallest absolute Gasteiger partial charge is 0.251 e. The number of rotatable bonds is 3. The molecule has 2 bridgehead atoms. The Morgan fingerprint density at radius 3 is 2.75 bits per heavy atom. The second-order valence-electron chi connectivity index (χ2n) is 6.84. The van der Waals surface area contributed by atoms with Crippen LogP contribution in [-0.2, 0) is 0 Å². The zero-order valence-electron chi connectivity index (χ0n) is 14.0. The summed E-state index contributed by atoms with van der Waals surface area (Å²) in [7, 11) is 0. The van der Waals surface area contributed by atoms with Gasteiger partial charge < -0.3 is 19.7 Å². The van der Waals surface area contributed by atoms with Crippen LogP contribution in [0.25, 0.3) is 0 Å². The van der Waals surface area contributed by atoms with E-state index in [1.165, 1.54) is 25.9 Å². The number of hydrogen-bond acceptors (Lipinski definition) is 4. The molecule has 1 aromatic carbocycles. The van der Waals surface area contributed by atoms with E-state index in [0.29, 0.717) is 23.8 Å². The van der Waals surface area contributed by atoms with E-state index in [4.69, 9.17) is 9.47 Å². The third-order valence-electron chi connectivity index (χ3n) is 5.35. The number of benzene rings is 1. The maximum atomic E-state index is 12.6. The maximum absolute atomic E-state index is 12.6. The molecule has 0 aromatic heterocycles. The highest BCUT2D eigenvalue weighted by Gasteiger charge is 2.35. The zero-order valence-corrected chi connectivity index (χ0v) is 14.8. The summed E-state index contributed by atoms with van der Waals surface area (Å²) < 4.78 is 11.6. The number of hydrogen-bond donors (Lipinski definition) is 1. The van der Waals surface area contributed by atoms with E-state index in [0.717, 1.165) is 18.7 Å². The van der Waals surface area contributed by atoms with Crippen molar-refractivity contribution in [3.05, 3.63) is 23.8 Å². The molecule has 5 rings (SSSR count). The highest BCUT2D eigenvalue weighted by molar-refractivity contribution is 5.95. The average Bonchev–Trinajstić information content (AvgIpc) is 2.61. The maximum Gasteiger partial charge on any atom is 0.251 e. The fraction of sp³-hybridized carbons (Fsp3) is 0.611. The standard InChI is InChI=1S/C18H24N2O3.ClH/c1-2-14-11-22-16-4-3-13(9-17(16)23-14)18(21)19-15-10-20-7-5-12(15)6-8-20;/h3-4,9,12,14-15H,2,5-8,10-11H2,1H3,(H,19,21);1H/t14?,15-;/m0./s1. The van der Waals surface area contributed by atoms with Crippen LogP contribution in [0.5, 0.6) is 11.5 Å². The number of fused-ring (bicyclic) bond motifs is 4. The molecule has 1 unspecified atom stereocenters. The van der Waals surface area contributed by atoms with E-state index in [-0.39, 0.29) is 30.5 Å². The first kappa shape index (κ1) is 17.4. The summed E-state index contributed by atoms with van der Waals surface area (Å²) in [6.45, 7) is 6.00. The Balaban J connectivity index is 0.00000169. The summed E-state index contributed by atoms with van der Waals surface area (Å²) in [5, 5.41) is 3.22. The molecule has 1 amide bonds. The molecule has 3 fully saturated rings. The van der Waals surface area contributed by atoms with Crippen molar-refractivity contribution in [2.45, 2.75) is 38.3 Å². The molecule has 0 saturated carbocycles. The highest BCUT2D eigenvalue weighted by atomic mass is 35.5. The van der Waals surface area contributed by atoms with E-state index >= 15 is 0 Å². The van der Waals surface area contributed by atoms with Crippen LogP contribution in [-0.4, -0.2) is 49.2 Å². The lowest BCUT2D eigenvalue weighted by Crippen LogP contribution is -2.57. The number of carbonyl (C=O) groups excluding carboxylic acids is 1. The number of amides is 1. The predicted octanol–water partition coefficient (Wildman–Crippen LogP) is 2.48. The molecule has 6 heteroatoms. The fourth-order valence-corrected chi connectivity index (χ4v) is 3.84. The van der Waals surface area contributed by atoms with Crippen LogP contribution in [0.4, 0.5) is 0 Å². The largest absolute Gasteiger partial charge is 0.486 e. The first-order valence-electron chi connectivity index (χ1n) is 8.69. The zero-order chi connectivity index (χ0) is 15.8. The summed E-state index contributed by atoms with van der Waals surface area (Å²) in [5.74, 6) is 2.04. The van der Waals surface area contributed by atoms with E-state index in [2.05, 4.69) is 17.1 Å². The van der Waals surface area contributed by atoms with Gasteiger partial charge in [0, 0.05) is 18.2 Å². The van der Waals surface area contributed by atoms with Crippen molar-refractivity contribution in [3.8, 4) is 11.5 Å². The molecule has 0 aliphatic carbocycles. The Morgan fingerprint density at radius 2 is 2.08 bits per heavy atom. The Hall–Kier alpha value is -1.46. The number of carbonyl (C=O) groups is 1. The minimum atomic E-state index is -0.00577. The third kappa shape index (κ3) is 3.33. The van der Waals surface area contributed by atoms with Crippen LogP contribution >= 0.6 is 12.4 Å². The van der Waals surface area contributed by atoms with Crippen LogP contribution in [0, 0.1) is 5.92 Å². The summed E-state index contributed by atoms with van der Waals surface area (Å²) in [6, 6.07) is 5.76. The molecule has 2 atom stereocenters. The van der Waals surface area contributed by atoms with Gasteiger partial charge in [-0.3, -0.25) is 4.79 Å². The molecule has 3 saturated heterocycles. The number of piperidine rings is 3. The normalized spacial score (nSPS) is 30.4. The topological polar surface area (TPSA) is 50.8 Å². The van der Waals surface area contributed by atoms with Gasteiger partial charge in [-0.1, -0.05) is 6.92 Å². The number of nitrogens with zero attached hydrogens (tertiary/aromatic N) is 1. The second-order valence-corrected chi connectivity index (χ2v) is 6.84. The fourth-order valence-electron chi connectivity index (χ4n) is 3.84. The van der Waals surface area contributed by atoms with Gasteiger partial charge in [0.1, 0.15) is 12.7 Å². The van der Waals surface area contributed by atoms with Gasteiger partial charge in [0.25, 0.3) is 5.91 Å². The van der Waals surface area contributed by atoms with Gasteiger partial charge in [-0.05, 0) is 56.5 Å². The van der Waals surface area contributed by atoms with Gasteiger partial charge in [-0.15, -0.1) is 12.4 Å². The van der Waals surface area contributed by atoms with Crippen LogP contribution in [0.1, 0.15) is 36.5 Å². The summed E-state index contributed by atoms with van der Waals surface area (Å²) in [6.07, 6.45) is 3.37. The first-order valence-corrected chi connectivity index (χ1v) is 8.69. The lowest BCUT2D eigenvalue weighted by atomic mass is 9.84. The molecule has 4 heterocycles. The van der Waals surface area contributed by atoms with Gasteiger partial charge in [0.15, 0.2) is 11.5 Å². The molecule has 132 valence electrons. The van der Waals surface area contributed by atoms with Gasteiger partial charge in [-0.25, -0.2) is 0 Å². The average molecular weight is 353 g/mol. The molecule has 0 spiro atoms. The molecule has 5 nitrogen and oxygen atoms in total. The monoisotopic (exact) mass is 352 g/mol. The first-order chi connectivity index (χ1) is 11.2. The Labute approximate surface area is 149 Å². The van der Waals surface area contributed by atoms with Crippen molar-refractivity contribution in [3.63, 3.8) is 0 Å². The minimum absolute atomic E-state index is 0.